The van der Waals surface area contributed by atoms with Crippen molar-refractivity contribution in [2.45, 2.75) is 40.2 Å². The third kappa shape index (κ3) is 3.65. The SMILES string of the molecule is Cc1cc(C=O)cnc1OC(C)CC(C)C. The lowest BCUT2D eigenvalue weighted by atomic mass is 10.1. The van der Waals surface area contributed by atoms with Crippen molar-refractivity contribution < 1.29 is 9.53 Å². The van der Waals surface area contributed by atoms with Gasteiger partial charge in [-0.1, -0.05) is 13.8 Å². The minimum Gasteiger partial charge on any atom is -0.474 e. The summed E-state index contributed by atoms with van der Waals surface area (Å²) in [4.78, 5) is 14.7. The molecular formula is C13H19NO2. The highest BCUT2D eigenvalue weighted by molar-refractivity contribution is 5.74. The molecule has 0 aliphatic rings. The zero-order chi connectivity index (χ0) is 12.1. The Bertz CT molecular complexity index is 361. The Morgan fingerprint density at radius 3 is 2.62 bits per heavy atom. The molecule has 16 heavy (non-hydrogen) atoms. The van der Waals surface area contributed by atoms with Gasteiger partial charge in [-0.05, 0) is 32.3 Å². The number of hydrogen-bond donors (Lipinski definition) is 0. The highest BCUT2D eigenvalue weighted by atomic mass is 16.5. The standard InChI is InChI=1S/C13H19NO2/c1-9(2)5-11(4)16-13-10(3)6-12(8-15)7-14-13/h6-9,11H,5H2,1-4H3. The van der Waals surface area contributed by atoms with E-state index in [4.69, 9.17) is 4.74 Å². The van der Waals surface area contributed by atoms with E-state index in [0.29, 0.717) is 17.4 Å². The molecule has 88 valence electrons. The molecule has 0 fully saturated rings. The number of rotatable bonds is 5. The summed E-state index contributed by atoms with van der Waals surface area (Å²) in [5.74, 6) is 1.23. The maximum Gasteiger partial charge on any atom is 0.216 e. The Morgan fingerprint density at radius 2 is 2.12 bits per heavy atom. The van der Waals surface area contributed by atoms with Crippen LogP contribution in [0.15, 0.2) is 12.3 Å². The number of aryl methyl sites for hydroxylation is 1. The van der Waals surface area contributed by atoms with Gasteiger partial charge in [0.1, 0.15) is 0 Å². The highest BCUT2D eigenvalue weighted by Gasteiger charge is 2.09. The zero-order valence-corrected chi connectivity index (χ0v) is 10.4. The summed E-state index contributed by atoms with van der Waals surface area (Å²) < 4.78 is 5.73. The molecule has 1 unspecified atom stereocenters. The molecule has 1 rings (SSSR count). The molecule has 1 heterocycles. The summed E-state index contributed by atoms with van der Waals surface area (Å²) in [6, 6.07) is 1.79. The summed E-state index contributed by atoms with van der Waals surface area (Å²) >= 11 is 0. The molecule has 0 bridgehead atoms. The van der Waals surface area contributed by atoms with Crippen molar-refractivity contribution in [1.29, 1.82) is 0 Å². The number of ether oxygens (including phenoxy) is 1. The van der Waals surface area contributed by atoms with Crippen LogP contribution >= 0.6 is 0 Å². The van der Waals surface area contributed by atoms with E-state index in [1.165, 1.54) is 6.20 Å². The average molecular weight is 221 g/mol. The van der Waals surface area contributed by atoms with E-state index in [9.17, 15) is 4.79 Å². The second-order valence-corrected chi connectivity index (χ2v) is 4.57. The smallest absolute Gasteiger partial charge is 0.216 e. The summed E-state index contributed by atoms with van der Waals surface area (Å²) in [6.45, 7) is 8.26. The van der Waals surface area contributed by atoms with Crippen molar-refractivity contribution in [3.05, 3.63) is 23.4 Å². The van der Waals surface area contributed by atoms with Gasteiger partial charge in [0.15, 0.2) is 6.29 Å². The van der Waals surface area contributed by atoms with Gasteiger partial charge in [-0.15, -0.1) is 0 Å². The summed E-state index contributed by atoms with van der Waals surface area (Å²) in [5, 5.41) is 0. The van der Waals surface area contributed by atoms with Crippen LogP contribution in [-0.4, -0.2) is 17.4 Å². The number of pyridine rings is 1. The lowest BCUT2D eigenvalue weighted by Crippen LogP contribution is -2.15. The van der Waals surface area contributed by atoms with Crippen LogP contribution in [0.4, 0.5) is 0 Å². The van der Waals surface area contributed by atoms with Crippen LogP contribution in [0.5, 0.6) is 5.88 Å². The van der Waals surface area contributed by atoms with Crippen molar-refractivity contribution in [2.75, 3.05) is 0 Å². The van der Waals surface area contributed by atoms with E-state index in [0.717, 1.165) is 18.3 Å². The molecule has 0 aliphatic carbocycles. The first-order valence-corrected chi connectivity index (χ1v) is 5.61. The van der Waals surface area contributed by atoms with Crippen LogP contribution in [-0.2, 0) is 0 Å². The average Bonchev–Trinajstić information content (AvgIpc) is 2.19. The van der Waals surface area contributed by atoms with E-state index < -0.39 is 0 Å². The van der Waals surface area contributed by atoms with Crippen molar-refractivity contribution in [3.8, 4) is 5.88 Å². The number of nitrogens with zero attached hydrogens (tertiary/aromatic N) is 1. The van der Waals surface area contributed by atoms with Crippen LogP contribution in [0.3, 0.4) is 0 Å². The quantitative estimate of drug-likeness (QED) is 0.717. The lowest BCUT2D eigenvalue weighted by Gasteiger charge is -2.17. The summed E-state index contributed by atoms with van der Waals surface area (Å²) in [6.07, 6.45) is 3.48. The van der Waals surface area contributed by atoms with Crippen LogP contribution in [0.2, 0.25) is 0 Å². The molecule has 0 aromatic carbocycles. The number of carbonyl (C=O) groups is 1. The molecule has 0 saturated heterocycles. The number of aromatic nitrogens is 1. The van der Waals surface area contributed by atoms with E-state index >= 15 is 0 Å². The summed E-state index contributed by atoms with van der Waals surface area (Å²) in [5.41, 5.74) is 1.49. The van der Waals surface area contributed by atoms with Gasteiger partial charge in [0.05, 0.1) is 6.10 Å². The second-order valence-electron chi connectivity index (χ2n) is 4.57. The maximum atomic E-state index is 10.6. The van der Waals surface area contributed by atoms with E-state index in [2.05, 4.69) is 18.8 Å². The van der Waals surface area contributed by atoms with Gasteiger partial charge in [0, 0.05) is 17.3 Å². The molecule has 3 nitrogen and oxygen atoms in total. The van der Waals surface area contributed by atoms with Crippen LogP contribution in [0, 0.1) is 12.8 Å². The maximum absolute atomic E-state index is 10.6. The molecule has 0 N–H and O–H groups in total. The fourth-order valence-electron chi connectivity index (χ4n) is 1.67. The largest absolute Gasteiger partial charge is 0.474 e. The summed E-state index contributed by atoms with van der Waals surface area (Å²) in [7, 11) is 0. The Kier molecular flexibility index (Phi) is 4.47. The van der Waals surface area contributed by atoms with Crippen molar-refractivity contribution >= 4 is 6.29 Å². The normalized spacial score (nSPS) is 12.6. The molecule has 0 spiro atoms. The van der Waals surface area contributed by atoms with Crippen molar-refractivity contribution in [1.82, 2.24) is 4.98 Å². The predicted octanol–water partition coefficient (Wildman–Crippen LogP) is 3.02. The third-order valence-electron chi connectivity index (χ3n) is 2.30. The van der Waals surface area contributed by atoms with Gasteiger partial charge >= 0.3 is 0 Å². The van der Waals surface area contributed by atoms with Crippen LogP contribution in [0.25, 0.3) is 0 Å². The minimum absolute atomic E-state index is 0.147. The van der Waals surface area contributed by atoms with Crippen LogP contribution < -0.4 is 4.74 Å². The first kappa shape index (κ1) is 12.7. The van der Waals surface area contributed by atoms with E-state index in [1.54, 1.807) is 6.07 Å². The van der Waals surface area contributed by atoms with Crippen LogP contribution in [0.1, 0.15) is 43.1 Å². The van der Waals surface area contributed by atoms with Gasteiger partial charge in [0.25, 0.3) is 0 Å². The van der Waals surface area contributed by atoms with E-state index in [1.807, 2.05) is 13.8 Å². The third-order valence-corrected chi connectivity index (χ3v) is 2.30. The minimum atomic E-state index is 0.147. The molecule has 1 aromatic heterocycles. The van der Waals surface area contributed by atoms with Gasteiger partial charge in [-0.3, -0.25) is 4.79 Å². The molecule has 3 heteroatoms. The Morgan fingerprint density at radius 1 is 1.44 bits per heavy atom. The Hall–Kier alpha value is -1.38. The number of aldehydes is 1. The molecule has 1 atom stereocenters. The number of hydrogen-bond acceptors (Lipinski definition) is 3. The fraction of sp³-hybridized carbons (Fsp3) is 0.538. The molecular weight excluding hydrogens is 202 g/mol. The van der Waals surface area contributed by atoms with Gasteiger partial charge in [0.2, 0.25) is 5.88 Å². The topological polar surface area (TPSA) is 39.2 Å². The Balaban J connectivity index is 2.70. The van der Waals surface area contributed by atoms with Gasteiger partial charge < -0.3 is 4.74 Å². The predicted molar refractivity (Wildman–Crippen MR) is 63.9 cm³/mol. The van der Waals surface area contributed by atoms with Crippen molar-refractivity contribution in [3.63, 3.8) is 0 Å². The zero-order valence-electron chi connectivity index (χ0n) is 10.4. The highest BCUT2D eigenvalue weighted by Crippen LogP contribution is 2.18. The lowest BCUT2D eigenvalue weighted by molar-refractivity contribution is 0.112. The van der Waals surface area contributed by atoms with Gasteiger partial charge in [-0.2, -0.15) is 0 Å². The molecule has 0 aliphatic heterocycles. The van der Waals surface area contributed by atoms with Gasteiger partial charge in [-0.25, -0.2) is 4.98 Å². The molecule has 1 aromatic rings. The number of carbonyl (C=O) groups excluding carboxylic acids is 1. The monoisotopic (exact) mass is 221 g/mol. The first-order valence-electron chi connectivity index (χ1n) is 5.61. The van der Waals surface area contributed by atoms with E-state index in [-0.39, 0.29) is 6.10 Å². The Labute approximate surface area is 96.8 Å². The first-order chi connectivity index (χ1) is 7.52. The van der Waals surface area contributed by atoms with Crippen molar-refractivity contribution in [2.24, 2.45) is 5.92 Å². The second kappa shape index (κ2) is 5.64. The molecule has 0 saturated carbocycles. The molecule has 0 radical (unpaired) electrons. The molecule has 0 amide bonds. The fourth-order valence-corrected chi connectivity index (χ4v) is 1.67.